The number of hydrogen-bond acceptors (Lipinski definition) is 6. The molecule has 0 spiro atoms. The van der Waals surface area contributed by atoms with Crippen molar-refractivity contribution in [2.75, 3.05) is 32.9 Å². The minimum absolute atomic E-state index is 0.123. The molecular weight excluding hydrogens is 312 g/mol. The molecule has 2 saturated heterocycles. The fraction of sp³-hybridized carbons (Fsp3) is 0.588. The summed E-state index contributed by atoms with van der Waals surface area (Å²) in [5.41, 5.74) is 1.15. The third-order valence-corrected chi connectivity index (χ3v) is 5.68. The van der Waals surface area contributed by atoms with Gasteiger partial charge in [0.2, 0.25) is 0 Å². The molecule has 2 atom stereocenters. The molecule has 124 valence electrons. The Morgan fingerprint density at radius 2 is 2.48 bits per heavy atom. The maximum absolute atomic E-state index is 6.02. The number of nitrogens with zero attached hydrogens (tertiary/aromatic N) is 2. The van der Waals surface area contributed by atoms with Crippen LogP contribution < -0.4 is 0 Å². The summed E-state index contributed by atoms with van der Waals surface area (Å²) in [6, 6.07) is 3.99. The van der Waals surface area contributed by atoms with E-state index in [0.29, 0.717) is 12.5 Å². The highest BCUT2D eigenvalue weighted by atomic mass is 32.1. The van der Waals surface area contributed by atoms with Crippen molar-refractivity contribution in [3.05, 3.63) is 40.2 Å². The Morgan fingerprint density at radius 3 is 3.26 bits per heavy atom. The third-order valence-electron chi connectivity index (χ3n) is 4.86. The Balaban J connectivity index is 1.35. The van der Waals surface area contributed by atoms with Crippen LogP contribution in [0.15, 0.2) is 28.2 Å². The van der Waals surface area contributed by atoms with Gasteiger partial charge < -0.3 is 13.9 Å². The number of aryl methyl sites for hydroxylation is 1. The first-order valence-electron chi connectivity index (χ1n) is 8.05. The van der Waals surface area contributed by atoms with Crippen LogP contribution in [0.1, 0.15) is 16.5 Å². The standard InChI is InChI=1S/C17H22N2O3S/c1-13-18-15(9-23-13)8-21-12-17-10-19(5-14(17)7-20-11-17)6-16-3-2-4-22-16/h2-4,9,14H,5-8,10-12H2,1H3/t14-,17+/m1/s1. The zero-order chi connectivity index (χ0) is 15.7. The number of ether oxygens (including phenoxy) is 2. The minimum Gasteiger partial charge on any atom is -0.468 e. The third kappa shape index (κ3) is 3.21. The van der Waals surface area contributed by atoms with Crippen LogP contribution in [0.2, 0.25) is 0 Å². The van der Waals surface area contributed by atoms with E-state index in [1.54, 1.807) is 17.6 Å². The van der Waals surface area contributed by atoms with Crippen LogP contribution in [0, 0.1) is 18.3 Å². The second-order valence-corrected chi connectivity index (χ2v) is 7.74. The van der Waals surface area contributed by atoms with E-state index in [0.717, 1.165) is 55.9 Å². The molecular formula is C17H22N2O3S. The van der Waals surface area contributed by atoms with E-state index >= 15 is 0 Å². The Labute approximate surface area is 140 Å². The zero-order valence-electron chi connectivity index (χ0n) is 13.4. The molecule has 5 nitrogen and oxygen atoms in total. The number of likely N-dealkylation sites (tertiary alicyclic amines) is 1. The van der Waals surface area contributed by atoms with E-state index in [9.17, 15) is 0 Å². The van der Waals surface area contributed by atoms with E-state index in [-0.39, 0.29) is 5.41 Å². The van der Waals surface area contributed by atoms with Crippen LogP contribution in [0.25, 0.3) is 0 Å². The number of hydrogen-bond donors (Lipinski definition) is 0. The molecule has 4 heterocycles. The van der Waals surface area contributed by atoms with Gasteiger partial charge in [0.15, 0.2) is 0 Å². The molecule has 4 rings (SSSR count). The maximum Gasteiger partial charge on any atom is 0.117 e. The number of thiazole rings is 1. The van der Waals surface area contributed by atoms with Gasteiger partial charge in [-0.25, -0.2) is 4.98 Å². The van der Waals surface area contributed by atoms with Crippen molar-refractivity contribution >= 4 is 11.3 Å². The van der Waals surface area contributed by atoms with Crippen LogP contribution in [0.4, 0.5) is 0 Å². The number of furan rings is 1. The highest BCUT2D eigenvalue weighted by Gasteiger charge is 2.50. The molecule has 2 fully saturated rings. The molecule has 6 heteroatoms. The average molecular weight is 334 g/mol. The second-order valence-electron chi connectivity index (χ2n) is 6.67. The molecule has 0 unspecified atom stereocenters. The van der Waals surface area contributed by atoms with Crippen LogP contribution in [-0.4, -0.2) is 42.8 Å². The monoisotopic (exact) mass is 334 g/mol. The number of rotatable bonds is 6. The molecule has 0 bridgehead atoms. The molecule has 2 aliphatic rings. The Kier molecular flexibility index (Phi) is 4.24. The number of aromatic nitrogens is 1. The molecule has 2 aromatic heterocycles. The summed E-state index contributed by atoms with van der Waals surface area (Å²) in [6.07, 6.45) is 1.74. The zero-order valence-corrected chi connectivity index (χ0v) is 14.2. The van der Waals surface area contributed by atoms with Gasteiger partial charge in [0.25, 0.3) is 0 Å². The molecule has 0 amide bonds. The lowest BCUT2D eigenvalue weighted by Gasteiger charge is -2.26. The lowest BCUT2D eigenvalue weighted by molar-refractivity contribution is 0.0169. The summed E-state index contributed by atoms with van der Waals surface area (Å²) in [6.45, 7) is 7.93. The van der Waals surface area contributed by atoms with E-state index in [1.165, 1.54) is 0 Å². The molecule has 23 heavy (non-hydrogen) atoms. The molecule has 0 N–H and O–H groups in total. The summed E-state index contributed by atoms with van der Waals surface area (Å²) in [7, 11) is 0. The van der Waals surface area contributed by atoms with Gasteiger partial charge in [0.05, 0.1) is 49.9 Å². The van der Waals surface area contributed by atoms with E-state index < -0.39 is 0 Å². The lowest BCUT2D eigenvalue weighted by Crippen LogP contribution is -2.35. The Morgan fingerprint density at radius 1 is 1.52 bits per heavy atom. The van der Waals surface area contributed by atoms with Crippen molar-refractivity contribution in [3.8, 4) is 0 Å². The van der Waals surface area contributed by atoms with Crippen molar-refractivity contribution in [2.45, 2.75) is 20.1 Å². The van der Waals surface area contributed by atoms with E-state index in [2.05, 4.69) is 15.3 Å². The van der Waals surface area contributed by atoms with Crippen molar-refractivity contribution in [3.63, 3.8) is 0 Å². The summed E-state index contributed by atoms with van der Waals surface area (Å²) < 4.78 is 17.3. The molecule has 0 aromatic carbocycles. The fourth-order valence-electron chi connectivity index (χ4n) is 3.72. The summed E-state index contributed by atoms with van der Waals surface area (Å²) in [5.74, 6) is 1.58. The average Bonchev–Trinajstić information content (AvgIpc) is 3.25. The minimum atomic E-state index is 0.123. The highest BCUT2D eigenvalue weighted by molar-refractivity contribution is 7.09. The largest absolute Gasteiger partial charge is 0.468 e. The van der Waals surface area contributed by atoms with Crippen molar-refractivity contribution < 1.29 is 13.9 Å². The van der Waals surface area contributed by atoms with Crippen LogP contribution >= 0.6 is 11.3 Å². The predicted molar refractivity (Wildman–Crippen MR) is 87.2 cm³/mol. The van der Waals surface area contributed by atoms with Crippen molar-refractivity contribution in [1.29, 1.82) is 0 Å². The Bertz CT molecular complexity index is 642. The first-order valence-corrected chi connectivity index (χ1v) is 8.93. The molecule has 2 aliphatic heterocycles. The smallest absolute Gasteiger partial charge is 0.117 e. The normalized spacial score (nSPS) is 27.6. The fourth-order valence-corrected chi connectivity index (χ4v) is 4.32. The van der Waals surface area contributed by atoms with Gasteiger partial charge in [0, 0.05) is 29.8 Å². The van der Waals surface area contributed by atoms with Crippen LogP contribution in [0.3, 0.4) is 0 Å². The first kappa shape index (κ1) is 15.3. The summed E-state index contributed by atoms with van der Waals surface area (Å²) in [5, 5.41) is 3.17. The summed E-state index contributed by atoms with van der Waals surface area (Å²) in [4.78, 5) is 6.92. The topological polar surface area (TPSA) is 47.7 Å². The van der Waals surface area contributed by atoms with Crippen molar-refractivity contribution in [2.24, 2.45) is 11.3 Å². The molecule has 0 radical (unpaired) electrons. The van der Waals surface area contributed by atoms with Gasteiger partial charge in [-0.1, -0.05) is 0 Å². The van der Waals surface area contributed by atoms with Crippen LogP contribution in [0.5, 0.6) is 0 Å². The summed E-state index contributed by atoms with van der Waals surface area (Å²) >= 11 is 1.67. The quantitative estimate of drug-likeness (QED) is 0.813. The second kappa shape index (κ2) is 6.36. The first-order chi connectivity index (χ1) is 11.2. The Hall–Kier alpha value is -1.21. The molecule has 2 aromatic rings. The van der Waals surface area contributed by atoms with Gasteiger partial charge in [-0.15, -0.1) is 11.3 Å². The predicted octanol–water partition coefficient (Wildman–Crippen LogP) is 2.71. The van der Waals surface area contributed by atoms with Gasteiger partial charge in [-0.3, -0.25) is 4.90 Å². The van der Waals surface area contributed by atoms with Gasteiger partial charge >= 0.3 is 0 Å². The van der Waals surface area contributed by atoms with Gasteiger partial charge in [-0.05, 0) is 19.1 Å². The maximum atomic E-state index is 6.02. The van der Waals surface area contributed by atoms with Gasteiger partial charge in [-0.2, -0.15) is 0 Å². The SMILES string of the molecule is Cc1nc(COC[C@]23COC[C@H]2CN(Cc2ccco2)C3)cs1. The lowest BCUT2D eigenvalue weighted by atomic mass is 9.82. The highest BCUT2D eigenvalue weighted by Crippen LogP contribution is 2.42. The molecule has 0 aliphatic carbocycles. The molecule has 0 saturated carbocycles. The number of fused-ring (bicyclic) bond motifs is 1. The van der Waals surface area contributed by atoms with E-state index in [1.807, 2.05) is 19.1 Å². The van der Waals surface area contributed by atoms with Crippen LogP contribution in [-0.2, 0) is 22.6 Å². The van der Waals surface area contributed by atoms with Crippen molar-refractivity contribution in [1.82, 2.24) is 9.88 Å². The van der Waals surface area contributed by atoms with Gasteiger partial charge in [0.1, 0.15) is 5.76 Å². The van der Waals surface area contributed by atoms with E-state index in [4.69, 9.17) is 13.9 Å².